The van der Waals surface area contributed by atoms with Gasteiger partial charge < -0.3 is 20.1 Å². The molecule has 2 rings (SSSR count). The van der Waals surface area contributed by atoms with Crippen LogP contribution in [0.1, 0.15) is 51.7 Å². The molecule has 0 aliphatic rings. The van der Waals surface area contributed by atoms with Crippen LogP contribution >= 0.6 is 23.2 Å². The van der Waals surface area contributed by atoms with E-state index in [1.165, 1.54) is 7.11 Å². The van der Waals surface area contributed by atoms with Gasteiger partial charge in [0.2, 0.25) is 0 Å². The molecule has 6 nitrogen and oxygen atoms in total. The summed E-state index contributed by atoms with van der Waals surface area (Å²) in [5.41, 5.74) is 1.47. The summed E-state index contributed by atoms with van der Waals surface area (Å²) >= 11 is 12.2. The molecule has 0 aliphatic carbocycles. The van der Waals surface area contributed by atoms with Gasteiger partial charge >= 0.3 is 0 Å². The maximum Gasteiger partial charge on any atom is 0.256 e. The molecule has 2 aromatic rings. The fourth-order valence-electron chi connectivity index (χ4n) is 3.23. The van der Waals surface area contributed by atoms with Crippen molar-refractivity contribution in [3.05, 3.63) is 63.1 Å². The smallest absolute Gasteiger partial charge is 0.256 e. The highest BCUT2D eigenvalue weighted by Gasteiger charge is 2.19. The maximum atomic E-state index is 12.9. The minimum Gasteiger partial charge on any atom is -0.493 e. The molecule has 36 heavy (non-hydrogen) atoms. The van der Waals surface area contributed by atoms with Crippen molar-refractivity contribution in [1.82, 2.24) is 10.6 Å². The van der Waals surface area contributed by atoms with E-state index in [9.17, 15) is 9.59 Å². The lowest BCUT2D eigenvalue weighted by Gasteiger charge is -2.14. The molecule has 0 aromatic heterocycles. The highest BCUT2D eigenvalue weighted by atomic mass is 35.5. The first-order chi connectivity index (χ1) is 17.1. The lowest BCUT2D eigenvalue weighted by Crippen LogP contribution is -2.36. The van der Waals surface area contributed by atoms with Crippen LogP contribution in [-0.4, -0.2) is 32.0 Å². The number of nitrogens with one attached hydrogen (secondary N) is 2. The predicted molar refractivity (Wildman–Crippen MR) is 147 cm³/mol. The second-order valence-corrected chi connectivity index (χ2v) is 10.2. The number of amides is 2. The minimum atomic E-state index is -0.408. The largest absolute Gasteiger partial charge is 0.493 e. The third-order valence-electron chi connectivity index (χ3n) is 5.40. The molecule has 0 unspecified atom stereocenters. The number of benzene rings is 2. The van der Waals surface area contributed by atoms with Crippen LogP contribution in [-0.2, 0) is 16.2 Å². The van der Waals surface area contributed by atoms with Gasteiger partial charge in [0.1, 0.15) is 12.2 Å². The Morgan fingerprint density at radius 3 is 2.03 bits per heavy atom. The highest BCUT2D eigenvalue weighted by molar-refractivity contribution is 6.35. The lowest BCUT2D eigenvalue weighted by atomic mass is 10.1. The van der Waals surface area contributed by atoms with Crippen molar-refractivity contribution >= 4 is 41.1 Å². The zero-order chi connectivity index (χ0) is 26.7. The van der Waals surface area contributed by atoms with Crippen LogP contribution in [0.15, 0.2) is 42.0 Å². The van der Waals surface area contributed by atoms with E-state index in [0.717, 1.165) is 18.4 Å². The van der Waals surface area contributed by atoms with E-state index in [1.54, 1.807) is 42.5 Å². The molecule has 0 spiro atoms. The molecule has 0 heterocycles. The summed E-state index contributed by atoms with van der Waals surface area (Å²) in [4.78, 5) is 25.8. The Hall–Kier alpha value is -2.70. The summed E-state index contributed by atoms with van der Waals surface area (Å²) in [5, 5.41) is 6.77. The van der Waals surface area contributed by atoms with Gasteiger partial charge in [-0.3, -0.25) is 9.59 Å². The Balaban J connectivity index is 2.23. The van der Waals surface area contributed by atoms with Crippen molar-refractivity contribution < 1.29 is 19.1 Å². The Kier molecular flexibility index (Phi) is 12.1. The summed E-state index contributed by atoms with van der Waals surface area (Å²) in [6, 6.07) is 10.4. The molecule has 0 radical (unpaired) electrons. The quantitative estimate of drug-likeness (QED) is 0.180. The summed E-state index contributed by atoms with van der Waals surface area (Å²) in [7, 11) is 1.53. The van der Waals surface area contributed by atoms with E-state index < -0.39 is 11.8 Å². The predicted octanol–water partition coefficient (Wildman–Crippen LogP) is 6.29. The zero-order valence-corrected chi connectivity index (χ0v) is 23.1. The van der Waals surface area contributed by atoms with Crippen LogP contribution in [0.3, 0.4) is 0 Å². The van der Waals surface area contributed by atoms with Gasteiger partial charge in [-0.2, -0.15) is 0 Å². The van der Waals surface area contributed by atoms with E-state index in [0.29, 0.717) is 52.0 Å². The maximum absolute atomic E-state index is 12.9. The van der Waals surface area contributed by atoms with E-state index in [2.05, 4.69) is 38.3 Å². The van der Waals surface area contributed by atoms with E-state index in [-0.39, 0.29) is 12.2 Å². The molecule has 196 valence electrons. The second kappa shape index (κ2) is 14.8. The van der Waals surface area contributed by atoms with Crippen molar-refractivity contribution in [3.63, 3.8) is 0 Å². The average molecular weight is 536 g/mol. The van der Waals surface area contributed by atoms with Gasteiger partial charge in [-0.05, 0) is 60.6 Å². The fraction of sp³-hybridized carbons (Fsp3) is 0.429. The van der Waals surface area contributed by atoms with Crippen molar-refractivity contribution in [3.8, 4) is 11.5 Å². The highest BCUT2D eigenvalue weighted by Crippen LogP contribution is 2.31. The van der Waals surface area contributed by atoms with E-state index in [1.807, 2.05) is 0 Å². The van der Waals surface area contributed by atoms with Gasteiger partial charge in [-0.1, -0.05) is 63.0 Å². The average Bonchev–Trinajstić information content (AvgIpc) is 2.81. The molecular weight excluding hydrogens is 499 g/mol. The number of methoxy groups -OCH3 is 1. The van der Waals surface area contributed by atoms with Gasteiger partial charge in [0.05, 0.1) is 7.11 Å². The van der Waals surface area contributed by atoms with Crippen LogP contribution in [0.25, 0.3) is 6.08 Å². The number of hydrogen-bond acceptors (Lipinski definition) is 4. The Bertz CT molecular complexity index is 1040. The van der Waals surface area contributed by atoms with Crippen LogP contribution in [0.4, 0.5) is 0 Å². The molecule has 8 heteroatoms. The van der Waals surface area contributed by atoms with Gasteiger partial charge in [-0.25, -0.2) is 0 Å². The van der Waals surface area contributed by atoms with E-state index in [4.69, 9.17) is 32.7 Å². The minimum absolute atomic E-state index is 0.0474. The molecule has 2 aromatic carbocycles. The lowest BCUT2D eigenvalue weighted by molar-refractivity contribution is -0.123. The Morgan fingerprint density at radius 1 is 0.889 bits per heavy atom. The van der Waals surface area contributed by atoms with Crippen LogP contribution in [0.5, 0.6) is 11.5 Å². The summed E-state index contributed by atoms with van der Waals surface area (Å²) in [6.45, 7) is 9.55. The van der Waals surface area contributed by atoms with Crippen molar-refractivity contribution in [2.75, 3.05) is 20.2 Å². The van der Waals surface area contributed by atoms with Crippen LogP contribution < -0.4 is 20.1 Å². The first kappa shape index (κ1) is 29.5. The van der Waals surface area contributed by atoms with Crippen molar-refractivity contribution in [2.45, 2.75) is 47.1 Å². The molecule has 2 amide bonds. The number of rotatable bonds is 13. The molecule has 0 saturated carbocycles. The summed E-state index contributed by atoms with van der Waals surface area (Å²) in [6.07, 6.45) is 3.22. The first-order valence-corrected chi connectivity index (χ1v) is 12.9. The summed E-state index contributed by atoms with van der Waals surface area (Å²) < 4.78 is 11.4. The molecule has 2 N–H and O–H groups in total. The molecule has 0 atom stereocenters. The standard InChI is InChI=1S/C28H36Cl2N2O4/c1-18(2)10-12-31-27(33)23(28(34)32-13-11-19(3)4)14-20-6-9-25(26(15-20)35-5)36-17-21-7-8-22(29)16-24(21)30/h6-9,14-16,18-19H,10-13,17H2,1-5H3,(H,31,33)(H,32,34). The summed E-state index contributed by atoms with van der Waals surface area (Å²) in [5.74, 6) is 1.04. The normalized spacial score (nSPS) is 10.8. The number of hydrogen-bond donors (Lipinski definition) is 2. The first-order valence-electron chi connectivity index (χ1n) is 12.1. The number of carbonyl (C=O) groups is 2. The van der Waals surface area contributed by atoms with Crippen LogP contribution in [0, 0.1) is 11.8 Å². The topological polar surface area (TPSA) is 76.7 Å². The Morgan fingerprint density at radius 2 is 1.50 bits per heavy atom. The van der Waals surface area contributed by atoms with Gasteiger partial charge in [0.15, 0.2) is 11.5 Å². The van der Waals surface area contributed by atoms with Crippen molar-refractivity contribution in [1.29, 1.82) is 0 Å². The molecule has 0 aliphatic heterocycles. The molecule has 0 saturated heterocycles. The van der Waals surface area contributed by atoms with E-state index >= 15 is 0 Å². The zero-order valence-electron chi connectivity index (χ0n) is 21.6. The van der Waals surface area contributed by atoms with Crippen molar-refractivity contribution in [2.24, 2.45) is 11.8 Å². The van der Waals surface area contributed by atoms with Crippen LogP contribution in [0.2, 0.25) is 10.0 Å². The van der Waals surface area contributed by atoms with Gasteiger partial charge in [0.25, 0.3) is 11.8 Å². The number of halogens is 2. The second-order valence-electron chi connectivity index (χ2n) is 9.37. The SMILES string of the molecule is COc1cc(C=C(C(=O)NCCC(C)C)C(=O)NCCC(C)C)ccc1OCc1ccc(Cl)cc1Cl. The third-order valence-corrected chi connectivity index (χ3v) is 5.99. The van der Waals surface area contributed by atoms with Gasteiger partial charge in [0, 0.05) is 28.7 Å². The van der Waals surface area contributed by atoms with Gasteiger partial charge in [-0.15, -0.1) is 0 Å². The molecular formula is C28H36Cl2N2O4. The number of carbonyl (C=O) groups excluding carboxylic acids is 2. The third kappa shape index (κ3) is 9.75. The molecule has 0 fully saturated rings. The monoisotopic (exact) mass is 534 g/mol. The number of ether oxygens (including phenoxy) is 2. The molecule has 0 bridgehead atoms. The Labute approximate surface area is 224 Å². The fourth-order valence-corrected chi connectivity index (χ4v) is 3.69.